The van der Waals surface area contributed by atoms with Crippen LogP contribution >= 0.6 is 23.2 Å². The zero-order valence-corrected chi connectivity index (χ0v) is 14.5. The number of ether oxygens (including phenoxy) is 1. The average molecular weight is 375 g/mol. The highest BCUT2D eigenvalue weighted by atomic mass is 35.5. The molecule has 0 saturated heterocycles. The smallest absolute Gasteiger partial charge is 0.339 e. The Morgan fingerprint density at radius 3 is 2.39 bits per heavy atom. The van der Waals surface area contributed by atoms with E-state index in [1.807, 2.05) is 0 Å². The fourth-order valence-corrected chi connectivity index (χ4v) is 3.52. The van der Waals surface area contributed by atoms with E-state index >= 15 is 0 Å². The van der Waals surface area contributed by atoms with Crippen molar-refractivity contribution in [3.05, 3.63) is 57.6 Å². The minimum atomic E-state index is -4.18. The highest BCUT2D eigenvalue weighted by Crippen LogP contribution is 2.31. The van der Waals surface area contributed by atoms with Crippen LogP contribution in [-0.4, -0.2) is 21.5 Å². The summed E-state index contributed by atoms with van der Waals surface area (Å²) in [6.45, 7) is 1.58. The minimum absolute atomic E-state index is 0.0565. The Bertz CT molecular complexity index is 862. The fraction of sp³-hybridized carbons (Fsp3) is 0.133. The van der Waals surface area contributed by atoms with Gasteiger partial charge >= 0.3 is 16.1 Å². The van der Waals surface area contributed by atoms with Crippen LogP contribution < -0.4 is 4.18 Å². The summed E-state index contributed by atoms with van der Waals surface area (Å²) in [4.78, 5) is 11.4. The van der Waals surface area contributed by atoms with Gasteiger partial charge in [0, 0.05) is 5.02 Å². The second-order valence-corrected chi connectivity index (χ2v) is 6.94. The van der Waals surface area contributed by atoms with Gasteiger partial charge in [-0.3, -0.25) is 0 Å². The Morgan fingerprint density at radius 2 is 1.78 bits per heavy atom. The molecular formula is C15H12Cl2O5S. The van der Waals surface area contributed by atoms with E-state index in [2.05, 4.69) is 4.74 Å². The maximum absolute atomic E-state index is 12.5. The van der Waals surface area contributed by atoms with Crippen LogP contribution in [0.4, 0.5) is 0 Å². The van der Waals surface area contributed by atoms with Crippen LogP contribution in [0.15, 0.2) is 41.3 Å². The molecule has 0 saturated carbocycles. The molecule has 0 aliphatic heterocycles. The molecule has 0 N–H and O–H groups in total. The molecule has 0 spiro atoms. The SMILES string of the molecule is COC(=O)c1ccc(C)c(S(=O)(=O)Oc2ccc(Cl)cc2Cl)c1. The van der Waals surface area contributed by atoms with E-state index in [9.17, 15) is 13.2 Å². The van der Waals surface area contributed by atoms with Crippen LogP contribution in [0.5, 0.6) is 5.75 Å². The lowest BCUT2D eigenvalue weighted by atomic mass is 10.1. The summed E-state index contributed by atoms with van der Waals surface area (Å²) < 4.78 is 34.5. The van der Waals surface area contributed by atoms with Crippen LogP contribution in [0, 0.1) is 6.92 Å². The second-order valence-electron chi connectivity index (χ2n) is 4.58. The minimum Gasteiger partial charge on any atom is -0.465 e. The van der Waals surface area contributed by atoms with Gasteiger partial charge in [-0.1, -0.05) is 29.3 Å². The molecule has 0 aliphatic rings. The number of carbonyl (C=O) groups is 1. The lowest BCUT2D eigenvalue weighted by molar-refractivity contribution is 0.0600. The second kappa shape index (κ2) is 6.78. The van der Waals surface area contributed by atoms with Gasteiger partial charge < -0.3 is 8.92 Å². The lowest BCUT2D eigenvalue weighted by Crippen LogP contribution is -2.13. The monoisotopic (exact) mass is 374 g/mol. The molecule has 0 fully saturated rings. The molecule has 5 nitrogen and oxygen atoms in total. The zero-order valence-electron chi connectivity index (χ0n) is 12.2. The first-order chi connectivity index (χ1) is 10.7. The summed E-state index contributed by atoms with van der Waals surface area (Å²) in [5.41, 5.74) is 0.519. The largest absolute Gasteiger partial charge is 0.465 e. The quantitative estimate of drug-likeness (QED) is 0.600. The van der Waals surface area contributed by atoms with Gasteiger partial charge in [-0.2, -0.15) is 8.42 Å². The molecule has 23 heavy (non-hydrogen) atoms. The van der Waals surface area contributed by atoms with Crippen molar-refractivity contribution in [1.82, 2.24) is 0 Å². The number of benzene rings is 2. The van der Waals surface area contributed by atoms with Crippen LogP contribution in [0.25, 0.3) is 0 Å². The third-order valence-corrected chi connectivity index (χ3v) is 4.88. The number of halogens is 2. The van der Waals surface area contributed by atoms with E-state index in [-0.39, 0.29) is 21.2 Å². The van der Waals surface area contributed by atoms with Crippen LogP contribution in [-0.2, 0) is 14.9 Å². The normalized spacial score (nSPS) is 11.1. The van der Waals surface area contributed by atoms with Crippen molar-refractivity contribution in [2.45, 2.75) is 11.8 Å². The van der Waals surface area contributed by atoms with Gasteiger partial charge in [0.15, 0.2) is 5.75 Å². The van der Waals surface area contributed by atoms with Crippen molar-refractivity contribution in [2.24, 2.45) is 0 Å². The number of carbonyl (C=O) groups excluding carboxylic acids is 1. The van der Waals surface area contributed by atoms with Crippen molar-refractivity contribution < 1.29 is 22.1 Å². The van der Waals surface area contributed by atoms with E-state index in [4.69, 9.17) is 27.4 Å². The highest BCUT2D eigenvalue weighted by molar-refractivity contribution is 7.87. The topological polar surface area (TPSA) is 69.7 Å². The van der Waals surface area contributed by atoms with Gasteiger partial charge in [0.1, 0.15) is 4.90 Å². The number of esters is 1. The van der Waals surface area contributed by atoms with E-state index in [1.165, 1.54) is 43.5 Å². The Labute approximate surface area is 143 Å². The Balaban J connectivity index is 2.45. The predicted octanol–water partition coefficient (Wildman–Crippen LogP) is 3.86. The summed E-state index contributed by atoms with van der Waals surface area (Å²) in [6.07, 6.45) is 0. The molecule has 0 unspecified atom stereocenters. The lowest BCUT2D eigenvalue weighted by Gasteiger charge is -2.11. The molecule has 2 rings (SSSR count). The van der Waals surface area contributed by atoms with E-state index < -0.39 is 16.1 Å². The summed E-state index contributed by atoms with van der Waals surface area (Å²) in [7, 11) is -2.97. The number of methoxy groups -OCH3 is 1. The first-order valence-electron chi connectivity index (χ1n) is 6.33. The zero-order chi connectivity index (χ0) is 17.2. The number of aryl methyl sites for hydroxylation is 1. The van der Waals surface area contributed by atoms with Gasteiger partial charge in [-0.05, 0) is 42.8 Å². The van der Waals surface area contributed by atoms with Gasteiger partial charge in [-0.25, -0.2) is 4.79 Å². The van der Waals surface area contributed by atoms with E-state index in [1.54, 1.807) is 6.92 Å². The molecule has 0 aromatic heterocycles. The molecule has 122 valence electrons. The molecule has 2 aromatic rings. The molecule has 0 radical (unpaired) electrons. The van der Waals surface area contributed by atoms with Crippen molar-refractivity contribution in [2.75, 3.05) is 7.11 Å². The van der Waals surface area contributed by atoms with Crippen molar-refractivity contribution in [1.29, 1.82) is 0 Å². The van der Waals surface area contributed by atoms with E-state index in [0.717, 1.165) is 0 Å². The summed E-state index contributed by atoms with van der Waals surface area (Å²) >= 11 is 11.7. The van der Waals surface area contributed by atoms with Crippen molar-refractivity contribution in [3.63, 3.8) is 0 Å². The molecule has 2 aromatic carbocycles. The third kappa shape index (κ3) is 3.96. The summed E-state index contributed by atoms with van der Waals surface area (Å²) in [5.74, 6) is -0.704. The van der Waals surface area contributed by atoms with Gasteiger partial charge in [0.05, 0.1) is 17.7 Å². The van der Waals surface area contributed by atoms with Crippen molar-refractivity contribution >= 4 is 39.3 Å². The van der Waals surface area contributed by atoms with Gasteiger partial charge in [0.2, 0.25) is 0 Å². The Hall–Kier alpha value is -1.76. The molecule has 0 heterocycles. The summed E-state index contributed by atoms with van der Waals surface area (Å²) in [5, 5.41) is 0.409. The number of rotatable bonds is 4. The van der Waals surface area contributed by atoms with E-state index in [0.29, 0.717) is 10.6 Å². The Morgan fingerprint density at radius 1 is 1.09 bits per heavy atom. The van der Waals surface area contributed by atoms with Gasteiger partial charge in [0.25, 0.3) is 0 Å². The Kier molecular flexibility index (Phi) is 5.19. The average Bonchev–Trinajstić information content (AvgIpc) is 2.49. The number of hydrogen-bond donors (Lipinski definition) is 0. The maximum Gasteiger partial charge on any atom is 0.339 e. The highest BCUT2D eigenvalue weighted by Gasteiger charge is 2.22. The molecular weight excluding hydrogens is 363 g/mol. The molecule has 0 atom stereocenters. The third-order valence-electron chi connectivity index (χ3n) is 2.97. The first kappa shape index (κ1) is 17.6. The fourth-order valence-electron chi connectivity index (χ4n) is 1.82. The maximum atomic E-state index is 12.5. The van der Waals surface area contributed by atoms with Crippen LogP contribution in [0.1, 0.15) is 15.9 Å². The molecule has 0 bridgehead atoms. The summed E-state index contributed by atoms with van der Waals surface area (Å²) in [6, 6.07) is 8.32. The molecule has 8 heteroatoms. The number of hydrogen-bond acceptors (Lipinski definition) is 5. The molecule has 0 amide bonds. The standard InChI is InChI=1S/C15H12Cl2O5S/c1-9-3-4-10(15(18)21-2)7-14(9)23(19,20)22-13-6-5-11(16)8-12(13)17/h3-8H,1-2H3. The van der Waals surface area contributed by atoms with Crippen LogP contribution in [0.3, 0.4) is 0 Å². The molecule has 0 aliphatic carbocycles. The first-order valence-corrected chi connectivity index (χ1v) is 8.49. The van der Waals surface area contributed by atoms with Crippen LogP contribution in [0.2, 0.25) is 10.0 Å². The van der Waals surface area contributed by atoms with Gasteiger partial charge in [-0.15, -0.1) is 0 Å². The van der Waals surface area contributed by atoms with Crippen molar-refractivity contribution in [3.8, 4) is 5.75 Å². The predicted molar refractivity (Wildman–Crippen MR) is 86.8 cm³/mol.